The van der Waals surface area contributed by atoms with Crippen LogP contribution in [0.4, 0.5) is 13.2 Å². The standard InChI is InChI=1S/C6H9F3O3/c1-12-4(5(8)9)2-3(7)6(10)11/h3-5H,2H2,1H3,(H,10,11). The number of rotatable bonds is 5. The van der Waals surface area contributed by atoms with E-state index in [-0.39, 0.29) is 0 Å². The Balaban J connectivity index is 3.93. The first-order chi connectivity index (χ1) is 5.49. The summed E-state index contributed by atoms with van der Waals surface area (Å²) in [6.45, 7) is 0. The Labute approximate surface area is 67.1 Å². The van der Waals surface area contributed by atoms with Crippen molar-refractivity contribution in [2.75, 3.05) is 7.11 Å². The minimum Gasteiger partial charge on any atom is -0.479 e. The molecule has 0 aliphatic heterocycles. The van der Waals surface area contributed by atoms with E-state index in [1.54, 1.807) is 0 Å². The largest absolute Gasteiger partial charge is 0.479 e. The van der Waals surface area contributed by atoms with E-state index in [4.69, 9.17) is 5.11 Å². The van der Waals surface area contributed by atoms with Gasteiger partial charge < -0.3 is 9.84 Å². The predicted molar refractivity (Wildman–Crippen MR) is 33.9 cm³/mol. The van der Waals surface area contributed by atoms with Crippen molar-refractivity contribution < 1.29 is 27.8 Å². The van der Waals surface area contributed by atoms with Gasteiger partial charge >= 0.3 is 5.97 Å². The van der Waals surface area contributed by atoms with Gasteiger partial charge in [0.05, 0.1) is 0 Å². The molecule has 0 radical (unpaired) electrons. The number of methoxy groups -OCH3 is 1. The van der Waals surface area contributed by atoms with Crippen LogP contribution in [0.3, 0.4) is 0 Å². The topological polar surface area (TPSA) is 46.5 Å². The van der Waals surface area contributed by atoms with Crippen LogP contribution >= 0.6 is 0 Å². The van der Waals surface area contributed by atoms with Gasteiger partial charge in [-0.25, -0.2) is 18.0 Å². The van der Waals surface area contributed by atoms with Crippen molar-refractivity contribution in [1.82, 2.24) is 0 Å². The molecule has 6 heteroatoms. The number of carbonyl (C=O) groups is 1. The number of alkyl halides is 3. The molecule has 0 aromatic rings. The molecule has 72 valence electrons. The van der Waals surface area contributed by atoms with E-state index in [0.29, 0.717) is 0 Å². The van der Waals surface area contributed by atoms with Crippen molar-refractivity contribution in [3.63, 3.8) is 0 Å². The molecule has 0 aliphatic rings. The fourth-order valence-corrected chi connectivity index (χ4v) is 0.607. The van der Waals surface area contributed by atoms with Crippen molar-refractivity contribution >= 4 is 5.97 Å². The van der Waals surface area contributed by atoms with Crippen LogP contribution in [0, 0.1) is 0 Å². The highest BCUT2D eigenvalue weighted by atomic mass is 19.3. The van der Waals surface area contributed by atoms with Crippen LogP contribution in [0.15, 0.2) is 0 Å². The molecular formula is C6H9F3O3. The second-order valence-electron chi connectivity index (χ2n) is 2.15. The lowest BCUT2D eigenvalue weighted by Gasteiger charge is -2.14. The van der Waals surface area contributed by atoms with Gasteiger partial charge in [-0.3, -0.25) is 0 Å². The lowest BCUT2D eigenvalue weighted by Crippen LogP contribution is -2.28. The minimum absolute atomic E-state index is 0.830. The number of hydrogen-bond acceptors (Lipinski definition) is 2. The third-order valence-corrected chi connectivity index (χ3v) is 1.29. The highest BCUT2D eigenvalue weighted by Crippen LogP contribution is 2.13. The molecule has 2 unspecified atom stereocenters. The summed E-state index contributed by atoms with van der Waals surface area (Å²) in [6.07, 6.45) is -7.66. The Bertz CT molecular complexity index is 151. The number of aliphatic carboxylic acids is 1. The van der Waals surface area contributed by atoms with E-state index in [0.717, 1.165) is 7.11 Å². The number of carboxylic acid groups (broad SMARTS) is 1. The van der Waals surface area contributed by atoms with Gasteiger partial charge in [-0.05, 0) is 0 Å². The maximum atomic E-state index is 12.3. The van der Waals surface area contributed by atoms with Gasteiger partial charge in [0, 0.05) is 13.5 Å². The Kier molecular flexibility index (Phi) is 4.65. The number of ether oxygens (including phenoxy) is 1. The molecule has 0 saturated carbocycles. The highest BCUT2D eigenvalue weighted by molar-refractivity contribution is 5.72. The van der Waals surface area contributed by atoms with E-state index < -0.39 is 31.1 Å². The molecule has 0 bridgehead atoms. The molecule has 0 aromatic heterocycles. The lowest BCUT2D eigenvalue weighted by molar-refractivity contribution is -0.145. The third kappa shape index (κ3) is 3.56. The van der Waals surface area contributed by atoms with Gasteiger partial charge in [0.15, 0.2) is 6.17 Å². The average molecular weight is 186 g/mol. The average Bonchev–Trinajstić information content (AvgIpc) is 1.98. The van der Waals surface area contributed by atoms with Gasteiger partial charge in [-0.15, -0.1) is 0 Å². The van der Waals surface area contributed by atoms with Crippen molar-refractivity contribution in [2.45, 2.75) is 25.1 Å². The molecule has 0 aliphatic carbocycles. The zero-order chi connectivity index (χ0) is 9.72. The number of halogens is 3. The molecule has 0 amide bonds. The van der Waals surface area contributed by atoms with Gasteiger partial charge in [-0.2, -0.15) is 0 Å². The SMILES string of the molecule is COC(CC(F)C(=O)O)C(F)F. The molecule has 3 nitrogen and oxygen atoms in total. The molecular weight excluding hydrogens is 177 g/mol. The van der Waals surface area contributed by atoms with Crippen LogP contribution in [-0.2, 0) is 9.53 Å². The van der Waals surface area contributed by atoms with E-state index >= 15 is 0 Å². The quantitative estimate of drug-likeness (QED) is 0.698. The van der Waals surface area contributed by atoms with E-state index in [9.17, 15) is 18.0 Å². The smallest absolute Gasteiger partial charge is 0.338 e. The Morgan fingerprint density at radius 1 is 1.50 bits per heavy atom. The van der Waals surface area contributed by atoms with Gasteiger partial charge in [0.2, 0.25) is 0 Å². The van der Waals surface area contributed by atoms with Gasteiger partial charge in [0.1, 0.15) is 6.10 Å². The number of carboxylic acids is 1. The molecule has 0 spiro atoms. The second-order valence-corrected chi connectivity index (χ2v) is 2.15. The molecule has 2 atom stereocenters. The summed E-state index contributed by atoms with van der Waals surface area (Å²) in [7, 11) is 0.978. The molecule has 0 saturated heterocycles. The van der Waals surface area contributed by atoms with Gasteiger partial charge in [-0.1, -0.05) is 0 Å². The summed E-state index contributed by atoms with van der Waals surface area (Å²) >= 11 is 0. The summed E-state index contributed by atoms with van der Waals surface area (Å²) in [5.74, 6) is -1.75. The second kappa shape index (κ2) is 4.97. The maximum Gasteiger partial charge on any atom is 0.338 e. The lowest BCUT2D eigenvalue weighted by atomic mass is 10.2. The fraction of sp³-hybridized carbons (Fsp3) is 0.833. The Hall–Kier alpha value is -0.780. The van der Waals surface area contributed by atoms with E-state index in [1.807, 2.05) is 0 Å². The highest BCUT2D eigenvalue weighted by Gasteiger charge is 2.27. The van der Waals surface area contributed by atoms with E-state index in [1.165, 1.54) is 0 Å². The minimum atomic E-state index is -2.87. The zero-order valence-electron chi connectivity index (χ0n) is 6.34. The van der Waals surface area contributed by atoms with Crippen LogP contribution < -0.4 is 0 Å². The Morgan fingerprint density at radius 3 is 2.25 bits per heavy atom. The van der Waals surface area contributed by atoms with Crippen LogP contribution in [0.1, 0.15) is 6.42 Å². The summed E-state index contributed by atoms with van der Waals surface area (Å²) < 4.78 is 40.2. The van der Waals surface area contributed by atoms with E-state index in [2.05, 4.69) is 4.74 Å². The molecule has 0 rings (SSSR count). The molecule has 0 fully saturated rings. The summed E-state index contributed by atoms with van der Waals surface area (Å²) in [5.41, 5.74) is 0. The summed E-state index contributed by atoms with van der Waals surface area (Å²) in [6, 6.07) is 0. The number of hydrogen-bond donors (Lipinski definition) is 1. The molecule has 1 N–H and O–H groups in total. The first-order valence-corrected chi connectivity index (χ1v) is 3.16. The van der Waals surface area contributed by atoms with Crippen LogP contribution in [0.25, 0.3) is 0 Å². The monoisotopic (exact) mass is 186 g/mol. The van der Waals surface area contributed by atoms with Gasteiger partial charge in [0.25, 0.3) is 6.43 Å². The molecule has 12 heavy (non-hydrogen) atoms. The van der Waals surface area contributed by atoms with Crippen LogP contribution in [0.5, 0.6) is 0 Å². The Morgan fingerprint density at radius 2 is 2.00 bits per heavy atom. The zero-order valence-corrected chi connectivity index (χ0v) is 6.34. The molecule has 0 heterocycles. The summed E-state index contributed by atoms with van der Waals surface area (Å²) in [5, 5.41) is 8.03. The maximum absolute atomic E-state index is 12.3. The van der Waals surface area contributed by atoms with Crippen molar-refractivity contribution in [3.05, 3.63) is 0 Å². The molecule has 0 aromatic carbocycles. The summed E-state index contributed by atoms with van der Waals surface area (Å²) in [4.78, 5) is 9.90. The first-order valence-electron chi connectivity index (χ1n) is 3.16. The first kappa shape index (κ1) is 11.2. The van der Waals surface area contributed by atoms with Crippen molar-refractivity contribution in [3.8, 4) is 0 Å². The normalized spacial score (nSPS) is 16.1. The van der Waals surface area contributed by atoms with Crippen molar-refractivity contribution in [1.29, 1.82) is 0 Å². The van der Waals surface area contributed by atoms with Crippen LogP contribution in [0.2, 0.25) is 0 Å². The predicted octanol–water partition coefficient (Wildman–Crippen LogP) is 1.08. The fourth-order valence-electron chi connectivity index (χ4n) is 0.607. The van der Waals surface area contributed by atoms with Crippen LogP contribution in [-0.4, -0.2) is 36.9 Å². The third-order valence-electron chi connectivity index (χ3n) is 1.29. The van der Waals surface area contributed by atoms with Crippen molar-refractivity contribution in [2.24, 2.45) is 0 Å².